The van der Waals surface area contributed by atoms with Crippen LogP contribution in [0.15, 0.2) is 58.2 Å². The fourth-order valence-corrected chi connectivity index (χ4v) is 2.90. The van der Waals surface area contributed by atoms with Crippen molar-refractivity contribution in [3.8, 4) is 0 Å². The van der Waals surface area contributed by atoms with Crippen LogP contribution >= 0.6 is 28.1 Å². The average molecular weight is 441 g/mol. The number of hydrogen-bond donors (Lipinski definition) is 3. The molecule has 0 radical (unpaired) electrons. The number of aromatic amines is 1. The second-order valence-corrected chi connectivity index (χ2v) is 6.63. The SMILES string of the molecule is FC(F)(F)c1ccccc1NC(=S)NN=Cc1c[nH]c2ccc(Br)cc12. The number of rotatable bonds is 3. The molecule has 0 saturated heterocycles. The van der Waals surface area contributed by atoms with Gasteiger partial charge < -0.3 is 10.3 Å². The Balaban J connectivity index is 1.70. The van der Waals surface area contributed by atoms with Crippen molar-refractivity contribution in [2.75, 3.05) is 5.32 Å². The minimum absolute atomic E-state index is 0.0426. The van der Waals surface area contributed by atoms with Crippen LogP contribution in [-0.4, -0.2) is 16.3 Å². The molecule has 0 spiro atoms. The van der Waals surface area contributed by atoms with Gasteiger partial charge in [0.2, 0.25) is 0 Å². The van der Waals surface area contributed by atoms with Crippen molar-refractivity contribution < 1.29 is 13.2 Å². The van der Waals surface area contributed by atoms with Crippen molar-refractivity contribution >= 4 is 56.1 Å². The molecule has 9 heteroatoms. The highest BCUT2D eigenvalue weighted by Gasteiger charge is 2.33. The van der Waals surface area contributed by atoms with Gasteiger partial charge in [-0.1, -0.05) is 28.1 Å². The number of anilines is 1. The predicted molar refractivity (Wildman–Crippen MR) is 104 cm³/mol. The number of hydrazone groups is 1. The Kier molecular flexibility index (Phi) is 5.28. The van der Waals surface area contributed by atoms with Crippen LogP contribution in [0, 0.1) is 0 Å². The molecule has 3 aromatic rings. The highest BCUT2D eigenvalue weighted by atomic mass is 79.9. The summed E-state index contributed by atoms with van der Waals surface area (Å²) in [6.07, 6.45) is -1.16. The maximum absolute atomic E-state index is 13.0. The summed E-state index contributed by atoms with van der Waals surface area (Å²) in [6, 6.07) is 10.9. The first kappa shape index (κ1) is 18.4. The number of para-hydroxylation sites is 1. The Morgan fingerprint density at radius 3 is 2.73 bits per heavy atom. The standard InChI is InChI=1S/C17H12BrF3N4S/c18-11-5-6-14-12(7-11)10(8-22-14)9-23-25-16(26)24-15-4-2-1-3-13(15)17(19,20)21/h1-9,22H,(H2,24,25,26). The van der Waals surface area contributed by atoms with Gasteiger partial charge in [-0.3, -0.25) is 5.43 Å². The fourth-order valence-electron chi connectivity index (χ4n) is 2.37. The number of benzene rings is 2. The van der Waals surface area contributed by atoms with E-state index in [0.717, 1.165) is 27.0 Å². The van der Waals surface area contributed by atoms with E-state index in [0.29, 0.717) is 0 Å². The lowest BCUT2D eigenvalue weighted by atomic mass is 10.2. The molecular weight excluding hydrogens is 429 g/mol. The molecule has 3 rings (SSSR count). The zero-order chi connectivity index (χ0) is 18.7. The van der Waals surface area contributed by atoms with Crippen molar-refractivity contribution in [2.45, 2.75) is 6.18 Å². The van der Waals surface area contributed by atoms with Crippen molar-refractivity contribution in [3.05, 3.63) is 64.3 Å². The summed E-state index contributed by atoms with van der Waals surface area (Å²) in [6.45, 7) is 0. The summed E-state index contributed by atoms with van der Waals surface area (Å²) in [5.74, 6) is 0. The summed E-state index contributed by atoms with van der Waals surface area (Å²) < 4.78 is 39.9. The molecule has 4 nitrogen and oxygen atoms in total. The second kappa shape index (κ2) is 7.46. The van der Waals surface area contributed by atoms with E-state index < -0.39 is 11.7 Å². The smallest absolute Gasteiger partial charge is 0.361 e. The van der Waals surface area contributed by atoms with Crippen LogP contribution in [0.5, 0.6) is 0 Å². The van der Waals surface area contributed by atoms with Gasteiger partial charge in [0.1, 0.15) is 0 Å². The molecule has 0 amide bonds. The predicted octanol–water partition coefficient (Wildman–Crippen LogP) is 5.27. The van der Waals surface area contributed by atoms with Crippen molar-refractivity contribution in [1.29, 1.82) is 0 Å². The minimum atomic E-state index is -4.47. The van der Waals surface area contributed by atoms with E-state index in [-0.39, 0.29) is 10.8 Å². The van der Waals surface area contributed by atoms with E-state index in [9.17, 15) is 13.2 Å². The summed E-state index contributed by atoms with van der Waals surface area (Å²) >= 11 is 8.42. The lowest BCUT2D eigenvalue weighted by Crippen LogP contribution is -2.25. The number of thiocarbonyl (C=S) groups is 1. The molecule has 0 aliphatic heterocycles. The molecular formula is C17H12BrF3N4S. The third-order valence-electron chi connectivity index (χ3n) is 3.53. The molecule has 26 heavy (non-hydrogen) atoms. The Hall–Kier alpha value is -2.39. The van der Waals surface area contributed by atoms with E-state index >= 15 is 0 Å². The van der Waals surface area contributed by atoms with Crippen molar-refractivity contribution in [2.24, 2.45) is 5.10 Å². The van der Waals surface area contributed by atoms with Crippen LogP contribution in [-0.2, 0) is 6.18 Å². The van der Waals surface area contributed by atoms with Gasteiger partial charge in [-0.2, -0.15) is 18.3 Å². The maximum atomic E-state index is 13.0. The molecule has 0 aliphatic rings. The second-order valence-electron chi connectivity index (χ2n) is 5.30. The minimum Gasteiger partial charge on any atom is -0.361 e. The molecule has 3 N–H and O–H groups in total. The monoisotopic (exact) mass is 440 g/mol. The van der Waals surface area contributed by atoms with Crippen LogP contribution in [0.4, 0.5) is 18.9 Å². The highest BCUT2D eigenvalue weighted by Crippen LogP contribution is 2.34. The zero-order valence-electron chi connectivity index (χ0n) is 13.1. The number of aromatic nitrogens is 1. The van der Waals surface area contributed by atoms with Crippen LogP contribution < -0.4 is 10.7 Å². The third kappa shape index (κ3) is 4.23. The number of nitrogens with one attached hydrogen (secondary N) is 3. The largest absolute Gasteiger partial charge is 0.418 e. The van der Waals surface area contributed by atoms with Crippen molar-refractivity contribution in [1.82, 2.24) is 10.4 Å². The number of hydrogen-bond acceptors (Lipinski definition) is 2. The molecule has 0 bridgehead atoms. The van der Waals surface area contributed by atoms with Gasteiger partial charge in [-0.25, -0.2) is 0 Å². The van der Waals surface area contributed by atoms with Gasteiger partial charge in [0.15, 0.2) is 5.11 Å². The summed E-state index contributed by atoms with van der Waals surface area (Å²) in [5.41, 5.74) is 3.34. The molecule has 0 atom stereocenters. The third-order valence-corrected chi connectivity index (χ3v) is 4.21. The average Bonchev–Trinajstić information content (AvgIpc) is 2.97. The molecule has 134 valence electrons. The van der Waals surface area contributed by atoms with Gasteiger partial charge >= 0.3 is 6.18 Å². The Bertz CT molecular complexity index is 982. The van der Waals surface area contributed by atoms with Crippen molar-refractivity contribution in [3.63, 3.8) is 0 Å². The number of fused-ring (bicyclic) bond motifs is 1. The Labute approximate surface area is 160 Å². The number of nitrogens with zero attached hydrogens (tertiary/aromatic N) is 1. The van der Waals surface area contributed by atoms with Crippen LogP contribution in [0.2, 0.25) is 0 Å². The lowest BCUT2D eigenvalue weighted by molar-refractivity contribution is -0.136. The Morgan fingerprint density at radius 1 is 1.19 bits per heavy atom. The van der Waals surface area contributed by atoms with E-state index in [1.807, 2.05) is 18.2 Å². The Morgan fingerprint density at radius 2 is 1.96 bits per heavy atom. The molecule has 2 aromatic carbocycles. The number of alkyl halides is 3. The van der Waals surface area contributed by atoms with Crippen LogP contribution in [0.1, 0.15) is 11.1 Å². The molecule has 0 unspecified atom stereocenters. The molecule has 0 saturated carbocycles. The molecule has 0 aliphatic carbocycles. The molecule has 1 aromatic heterocycles. The van der Waals surface area contributed by atoms with Gasteiger partial charge in [0.05, 0.1) is 17.5 Å². The van der Waals surface area contributed by atoms with Crippen LogP contribution in [0.3, 0.4) is 0 Å². The maximum Gasteiger partial charge on any atom is 0.418 e. The summed E-state index contributed by atoms with van der Waals surface area (Å²) in [7, 11) is 0. The topological polar surface area (TPSA) is 52.2 Å². The molecule has 0 fully saturated rings. The van der Waals surface area contributed by atoms with E-state index in [4.69, 9.17) is 12.2 Å². The van der Waals surface area contributed by atoms with E-state index in [2.05, 4.69) is 36.8 Å². The first-order valence-corrected chi connectivity index (χ1v) is 8.57. The zero-order valence-corrected chi connectivity index (χ0v) is 15.5. The normalized spacial score (nSPS) is 11.8. The lowest BCUT2D eigenvalue weighted by Gasteiger charge is -2.14. The summed E-state index contributed by atoms with van der Waals surface area (Å²) in [4.78, 5) is 3.10. The van der Waals surface area contributed by atoms with Gasteiger partial charge in [0, 0.05) is 27.1 Å². The number of halogens is 4. The first-order chi connectivity index (χ1) is 12.3. The fraction of sp³-hybridized carbons (Fsp3) is 0.0588. The highest BCUT2D eigenvalue weighted by molar-refractivity contribution is 9.10. The quantitative estimate of drug-likeness (QED) is 0.295. The first-order valence-electron chi connectivity index (χ1n) is 7.37. The van der Waals surface area contributed by atoms with Gasteiger partial charge in [-0.05, 0) is 42.5 Å². The molecule has 1 heterocycles. The number of H-pyrrole nitrogens is 1. The van der Waals surface area contributed by atoms with E-state index in [1.54, 1.807) is 6.20 Å². The van der Waals surface area contributed by atoms with Gasteiger partial charge in [0.25, 0.3) is 0 Å². The van der Waals surface area contributed by atoms with Crippen LogP contribution in [0.25, 0.3) is 10.9 Å². The summed E-state index contributed by atoms with van der Waals surface area (Å²) in [5, 5.41) is 7.41. The van der Waals surface area contributed by atoms with E-state index in [1.165, 1.54) is 24.4 Å². The van der Waals surface area contributed by atoms with Gasteiger partial charge in [-0.15, -0.1) is 0 Å².